The molecule has 0 unspecified atom stereocenters. The molecule has 10 heteroatoms. The Hall–Kier alpha value is -2.62. The number of carbonyl (C=O) groups is 1. The number of amides is 1. The van der Waals surface area contributed by atoms with Gasteiger partial charge in [0.25, 0.3) is 5.91 Å². The van der Waals surface area contributed by atoms with Crippen molar-refractivity contribution < 1.29 is 13.9 Å². The molecular weight excluding hydrogens is 690 g/mol. The largest absolute Gasteiger partial charge is 0.487 e. The molecule has 0 atom stereocenters. The number of ether oxygens (including phenoxy) is 1. The molecule has 4 aromatic rings. The Morgan fingerprint density at radius 1 is 0.923 bits per heavy atom. The molecule has 0 aliphatic carbocycles. The zero-order valence-corrected chi connectivity index (χ0v) is 25.4. The fourth-order valence-electron chi connectivity index (χ4n) is 3.71. The van der Waals surface area contributed by atoms with Crippen LogP contribution in [0, 0.1) is 5.82 Å². The number of hydrogen-bond donors (Lipinski definition) is 0. The van der Waals surface area contributed by atoms with Crippen LogP contribution in [0.4, 0.5) is 15.8 Å². The Labute approximate surface area is 255 Å². The number of amidine groups is 1. The number of nitrogens with zero attached hydrogens (tertiary/aromatic N) is 2. The Morgan fingerprint density at radius 3 is 2.23 bits per heavy atom. The fraction of sp³-hybridized carbons (Fsp3) is 0.0345. The molecule has 1 saturated heterocycles. The van der Waals surface area contributed by atoms with Crippen LogP contribution in [0.5, 0.6) is 5.75 Å². The van der Waals surface area contributed by atoms with E-state index in [0.717, 1.165) is 10.0 Å². The standard InChI is InChI=1S/C29H17Br2Cl2FN2O2S/c30-19-13-18(27(25(31)15-19)38-16-17-1-7-22(34)8-2-17)14-26-28(37)36(24-11-5-21(33)6-12-24)29(39-26)35-23-9-3-20(32)4-10-23/h1-15H,16H2/b26-14-,35-29?. The highest BCUT2D eigenvalue weighted by Crippen LogP contribution is 2.41. The Balaban J connectivity index is 1.53. The van der Waals surface area contributed by atoms with Gasteiger partial charge in [0, 0.05) is 20.1 Å². The van der Waals surface area contributed by atoms with Crippen molar-refractivity contribution in [2.75, 3.05) is 4.90 Å². The van der Waals surface area contributed by atoms with E-state index in [4.69, 9.17) is 32.9 Å². The van der Waals surface area contributed by atoms with Crippen molar-refractivity contribution in [1.29, 1.82) is 0 Å². The summed E-state index contributed by atoms with van der Waals surface area (Å²) in [5.74, 6) is -0.00717. The van der Waals surface area contributed by atoms with Crippen molar-refractivity contribution >= 4 is 95.3 Å². The first-order valence-corrected chi connectivity index (χ1v) is 14.6. The van der Waals surface area contributed by atoms with Crippen molar-refractivity contribution in [3.8, 4) is 5.75 Å². The Kier molecular flexibility index (Phi) is 8.79. The molecule has 1 amide bonds. The molecule has 0 spiro atoms. The summed E-state index contributed by atoms with van der Waals surface area (Å²) < 4.78 is 21.0. The van der Waals surface area contributed by atoms with Crippen LogP contribution in [-0.4, -0.2) is 11.1 Å². The Bertz CT molecular complexity index is 1600. The molecule has 0 saturated carbocycles. The van der Waals surface area contributed by atoms with Gasteiger partial charge in [0.1, 0.15) is 18.2 Å². The lowest BCUT2D eigenvalue weighted by Crippen LogP contribution is -2.28. The minimum absolute atomic E-state index is 0.220. The van der Waals surface area contributed by atoms with Gasteiger partial charge >= 0.3 is 0 Å². The quantitative estimate of drug-likeness (QED) is 0.188. The van der Waals surface area contributed by atoms with Gasteiger partial charge in [-0.05, 0) is 112 Å². The highest BCUT2D eigenvalue weighted by atomic mass is 79.9. The molecule has 1 fully saturated rings. The lowest BCUT2D eigenvalue weighted by atomic mass is 10.1. The van der Waals surface area contributed by atoms with Gasteiger partial charge in [0.05, 0.1) is 20.8 Å². The van der Waals surface area contributed by atoms with Crippen LogP contribution in [0.3, 0.4) is 0 Å². The lowest BCUT2D eigenvalue weighted by molar-refractivity contribution is -0.113. The van der Waals surface area contributed by atoms with Gasteiger partial charge in [0.15, 0.2) is 5.17 Å². The van der Waals surface area contributed by atoms with Crippen molar-refractivity contribution in [2.45, 2.75) is 6.61 Å². The van der Waals surface area contributed by atoms with Crippen LogP contribution in [0.25, 0.3) is 6.08 Å². The summed E-state index contributed by atoms with van der Waals surface area (Å²) in [6.07, 6.45) is 1.77. The zero-order chi connectivity index (χ0) is 27.5. The van der Waals surface area contributed by atoms with E-state index in [-0.39, 0.29) is 18.3 Å². The number of carbonyl (C=O) groups excluding carboxylic acids is 1. The van der Waals surface area contributed by atoms with Crippen molar-refractivity contribution in [2.24, 2.45) is 4.99 Å². The average molecular weight is 707 g/mol. The predicted octanol–water partition coefficient (Wildman–Crippen LogP) is 10.0. The molecule has 196 valence electrons. The summed E-state index contributed by atoms with van der Waals surface area (Å²) in [7, 11) is 0. The fourth-order valence-corrected chi connectivity index (χ4v) is 6.33. The normalized spacial score (nSPS) is 15.4. The summed E-state index contributed by atoms with van der Waals surface area (Å²) in [5.41, 5.74) is 2.78. The van der Waals surface area contributed by atoms with E-state index in [0.29, 0.717) is 47.3 Å². The van der Waals surface area contributed by atoms with Gasteiger partial charge in [-0.3, -0.25) is 9.69 Å². The molecular formula is C29H17Br2Cl2FN2O2S. The highest BCUT2D eigenvalue weighted by Gasteiger charge is 2.35. The molecule has 1 aliphatic heterocycles. The molecule has 4 nitrogen and oxygen atoms in total. The van der Waals surface area contributed by atoms with Crippen LogP contribution in [0.15, 0.2) is 104 Å². The highest BCUT2D eigenvalue weighted by molar-refractivity contribution is 9.11. The molecule has 0 radical (unpaired) electrons. The van der Waals surface area contributed by atoms with Crippen LogP contribution in [0.2, 0.25) is 10.0 Å². The van der Waals surface area contributed by atoms with Crippen LogP contribution in [-0.2, 0) is 11.4 Å². The summed E-state index contributed by atoms with van der Waals surface area (Å²) >= 11 is 20.5. The second kappa shape index (κ2) is 12.3. The smallest absolute Gasteiger partial charge is 0.271 e. The van der Waals surface area contributed by atoms with Crippen LogP contribution < -0.4 is 9.64 Å². The van der Waals surface area contributed by atoms with E-state index >= 15 is 0 Å². The second-order valence-corrected chi connectivity index (χ2v) is 12.0. The topological polar surface area (TPSA) is 41.9 Å². The van der Waals surface area contributed by atoms with Gasteiger partial charge in [0.2, 0.25) is 0 Å². The number of anilines is 1. The Morgan fingerprint density at radius 2 is 1.56 bits per heavy atom. The summed E-state index contributed by atoms with van der Waals surface area (Å²) in [4.78, 5) is 20.5. The minimum atomic E-state index is -0.313. The van der Waals surface area contributed by atoms with E-state index in [2.05, 4.69) is 31.9 Å². The van der Waals surface area contributed by atoms with E-state index in [1.807, 2.05) is 12.1 Å². The molecule has 0 aromatic heterocycles. The van der Waals surface area contributed by atoms with Gasteiger partial charge < -0.3 is 4.74 Å². The molecule has 0 N–H and O–H groups in total. The van der Waals surface area contributed by atoms with Crippen molar-refractivity contribution in [1.82, 2.24) is 0 Å². The predicted molar refractivity (Wildman–Crippen MR) is 166 cm³/mol. The SMILES string of the molecule is O=C1/C(=C/c2cc(Br)cc(Br)c2OCc2ccc(F)cc2)SC(=Nc2ccc(Cl)cc2)N1c1ccc(Cl)cc1. The third-order valence-corrected chi connectivity index (χ3v) is 8.08. The number of aliphatic imine (C=N–C) groups is 1. The number of benzene rings is 4. The molecule has 5 rings (SSSR count). The van der Waals surface area contributed by atoms with Gasteiger partial charge in [-0.2, -0.15) is 0 Å². The van der Waals surface area contributed by atoms with Gasteiger partial charge in [-0.1, -0.05) is 51.3 Å². The minimum Gasteiger partial charge on any atom is -0.487 e. The van der Waals surface area contributed by atoms with E-state index in [1.165, 1.54) is 23.9 Å². The summed E-state index contributed by atoms with van der Waals surface area (Å²) in [6.45, 7) is 0.220. The third-order valence-electron chi connectivity index (χ3n) is 5.56. The molecule has 39 heavy (non-hydrogen) atoms. The monoisotopic (exact) mass is 704 g/mol. The first-order chi connectivity index (χ1) is 18.8. The molecule has 1 heterocycles. The summed E-state index contributed by atoms with van der Waals surface area (Å²) in [6, 6.07) is 23.9. The maximum Gasteiger partial charge on any atom is 0.271 e. The van der Waals surface area contributed by atoms with E-state index < -0.39 is 0 Å². The van der Waals surface area contributed by atoms with E-state index in [1.54, 1.807) is 71.6 Å². The van der Waals surface area contributed by atoms with Crippen molar-refractivity contribution in [3.05, 3.63) is 126 Å². The molecule has 0 bridgehead atoms. The number of thioether (sulfide) groups is 1. The third kappa shape index (κ3) is 6.76. The molecule has 4 aromatic carbocycles. The number of rotatable bonds is 6. The zero-order valence-electron chi connectivity index (χ0n) is 19.9. The maximum atomic E-state index is 13.7. The molecule has 1 aliphatic rings. The van der Waals surface area contributed by atoms with Crippen molar-refractivity contribution in [3.63, 3.8) is 0 Å². The number of halogens is 5. The first-order valence-electron chi connectivity index (χ1n) is 11.5. The van der Waals surface area contributed by atoms with Gasteiger partial charge in [-0.15, -0.1) is 0 Å². The van der Waals surface area contributed by atoms with E-state index in [9.17, 15) is 9.18 Å². The average Bonchev–Trinajstić information content (AvgIpc) is 3.20. The number of hydrogen-bond acceptors (Lipinski definition) is 4. The summed E-state index contributed by atoms with van der Waals surface area (Å²) in [5, 5.41) is 1.64. The first kappa shape index (κ1) is 27.9. The van der Waals surface area contributed by atoms with Crippen LogP contribution in [0.1, 0.15) is 11.1 Å². The maximum absolute atomic E-state index is 13.7. The van der Waals surface area contributed by atoms with Gasteiger partial charge in [-0.25, -0.2) is 9.38 Å². The second-order valence-electron chi connectivity index (χ2n) is 8.32. The van der Waals surface area contributed by atoms with Crippen LogP contribution >= 0.6 is 66.8 Å². The lowest BCUT2D eigenvalue weighted by Gasteiger charge is -2.16.